The molecule has 0 bridgehead atoms. The molecule has 1 unspecified atom stereocenters. The Morgan fingerprint density at radius 3 is 2.39 bits per heavy atom. The molecule has 0 saturated heterocycles. The number of fused-ring (bicyclic) bond motifs is 1. The lowest BCUT2D eigenvalue weighted by Gasteiger charge is -2.12. The first-order chi connectivity index (χ1) is 11.3. The molecule has 1 atom stereocenters. The number of benzene rings is 3. The van der Waals surface area contributed by atoms with Crippen LogP contribution < -0.4 is 5.32 Å². The third-order valence-electron chi connectivity index (χ3n) is 4.76. The lowest BCUT2D eigenvalue weighted by Crippen LogP contribution is -2.05. The highest BCUT2D eigenvalue weighted by molar-refractivity contribution is 5.70. The first-order valence-corrected chi connectivity index (χ1v) is 8.37. The molecule has 1 aliphatic heterocycles. The van der Waals surface area contributed by atoms with Crippen LogP contribution in [0.1, 0.15) is 29.7 Å². The molecule has 3 aromatic rings. The van der Waals surface area contributed by atoms with E-state index in [0.717, 1.165) is 12.8 Å². The highest BCUT2D eigenvalue weighted by atomic mass is 14.9. The maximum absolute atomic E-state index is 3.67. The summed E-state index contributed by atoms with van der Waals surface area (Å²) in [6.07, 6.45) is 2.15. The number of anilines is 1. The first kappa shape index (κ1) is 14.1. The molecule has 1 heteroatoms. The second kappa shape index (κ2) is 5.92. The molecule has 1 heterocycles. The lowest BCUT2D eigenvalue weighted by atomic mass is 9.98. The van der Waals surface area contributed by atoms with E-state index in [-0.39, 0.29) is 0 Å². The van der Waals surface area contributed by atoms with Gasteiger partial charge in [0, 0.05) is 5.69 Å². The van der Waals surface area contributed by atoms with E-state index >= 15 is 0 Å². The Kier molecular flexibility index (Phi) is 3.63. The van der Waals surface area contributed by atoms with E-state index in [1.54, 1.807) is 0 Å². The standard InChI is InChI=1S/C22H21N/c1-2-16-8-10-18(11-9-16)22-15-20-14-19(12-13-21(20)23-22)17-6-4-3-5-7-17/h3-14,22-23H,2,15H2,1H3. The summed E-state index contributed by atoms with van der Waals surface area (Å²) in [5.41, 5.74) is 8.04. The minimum absolute atomic E-state index is 0.391. The normalized spacial score (nSPS) is 16.0. The van der Waals surface area contributed by atoms with Crippen LogP contribution in [-0.4, -0.2) is 0 Å². The van der Waals surface area contributed by atoms with E-state index in [1.807, 2.05) is 0 Å². The average Bonchev–Trinajstić information content (AvgIpc) is 3.06. The van der Waals surface area contributed by atoms with Crippen LogP contribution in [0.3, 0.4) is 0 Å². The van der Waals surface area contributed by atoms with Gasteiger partial charge >= 0.3 is 0 Å². The lowest BCUT2D eigenvalue weighted by molar-refractivity contribution is 0.823. The van der Waals surface area contributed by atoms with Crippen molar-refractivity contribution in [3.8, 4) is 11.1 Å². The van der Waals surface area contributed by atoms with Crippen molar-refractivity contribution in [2.45, 2.75) is 25.8 Å². The predicted octanol–water partition coefficient (Wildman–Crippen LogP) is 5.63. The number of rotatable bonds is 3. The molecule has 0 amide bonds. The average molecular weight is 299 g/mol. The van der Waals surface area contributed by atoms with Crippen LogP contribution in [0, 0.1) is 0 Å². The van der Waals surface area contributed by atoms with Crippen LogP contribution in [-0.2, 0) is 12.8 Å². The second-order valence-corrected chi connectivity index (χ2v) is 6.23. The molecule has 3 aromatic carbocycles. The molecule has 0 saturated carbocycles. The van der Waals surface area contributed by atoms with Crippen molar-refractivity contribution < 1.29 is 0 Å². The van der Waals surface area contributed by atoms with Gasteiger partial charge in [-0.05, 0) is 52.8 Å². The monoisotopic (exact) mass is 299 g/mol. The van der Waals surface area contributed by atoms with Gasteiger partial charge in [0.15, 0.2) is 0 Å². The summed E-state index contributed by atoms with van der Waals surface area (Å²) in [4.78, 5) is 0. The van der Waals surface area contributed by atoms with Gasteiger partial charge < -0.3 is 5.32 Å². The Morgan fingerprint density at radius 2 is 1.65 bits per heavy atom. The van der Waals surface area contributed by atoms with Crippen LogP contribution in [0.5, 0.6) is 0 Å². The summed E-state index contributed by atoms with van der Waals surface area (Å²) >= 11 is 0. The van der Waals surface area contributed by atoms with Gasteiger partial charge in [-0.25, -0.2) is 0 Å². The first-order valence-electron chi connectivity index (χ1n) is 8.37. The quantitative estimate of drug-likeness (QED) is 0.661. The van der Waals surface area contributed by atoms with Gasteiger partial charge in [-0.15, -0.1) is 0 Å². The Morgan fingerprint density at radius 1 is 0.870 bits per heavy atom. The highest BCUT2D eigenvalue weighted by Gasteiger charge is 2.22. The minimum atomic E-state index is 0.391. The van der Waals surface area contributed by atoms with Crippen LogP contribution in [0.2, 0.25) is 0 Å². The fourth-order valence-corrected chi connectivity index (χ4v) is 3.36. The molecular weight excluding hydrogens is 278 g/mol. The second-order valence-electron chi connectivity index (χ2n) is 6.23. The zero-order valence-corrected chi connectivity index (χ0v) is 13.4. The van der Waals surface area contributed by atoms with Gasteiger partial charge in [0.1, 0.15) is 0 Å². The van der Waals surface area contributed by atoms with Gasteiger partial charge in [-0.2, -0.15) is 0 Å². The van der Waals surface area contributed by atoms with E-state index in [4.69, 9.17) is 0 Å². The Labute approximate surface area is 138 Å². The summed E-state index contributed by atoms with van der Waals surface area (Å²) in [6, 6.07) is 26.8. The van der Waals surface area contributed by atoms with E-state index in [2.05, 4.69) is 85.0 Å². The van der Waals surface area contributed by atoms with Gasteiger partial charge in [0.2, 0.25) is 0 Å². The SMILES string of the molecule is CCc1ccc(C2Cc3cc(-c4ccccc4)ccc3N2)cc1. The Bertz CT molecular complexity index is 803. The molecule has 0 radical (unpaired) electrons. The van der Waals surface area contributed by atoms with Crippen molar-refractivity contribution in [1.82, 2.24) is 0 Å². The van der Waals surface area contributed by atoms with Gasteiger partial charge in [0.05, 0.1) is 6.04 Å². The maximum atomic E-state index is 3.67. The smallest absolute Gasteiger partial charge is 0.0555 e. The van der Waals surface area contributed by atoms with Gasteiger partial charge in [-0.3, -0.25) is 0 Å². The molecule has 23 heavy (non-hydrogen) atoms. The number of hydrogen-bond acceptors (Lipinski definition) is 1. The summed E-state index contributed by atoms with van der Waals surface area (Å²) in [5, 5.41) is 3.67. The van der Waals surface area contributed by atoms with Crippen molar-refractivity contribution in [3.63, 3.8) is 0 Å². The fraction of sp³-hybridized carbons (Fsp3) is 0.182. The summed E-state index contributed by atoms with van der Waals surface area (Å²) in [7, 11) is 0. The molecule has 0 aliphatic carbocycles. The third kappa shape index (κ3) is 2.75. The van der Waals surface area contributed by atoms with Crippen molar-refractivity contribution >= 4 is 5.69 Å². The van der Waals surface area contributed by atoms with Gasteiger partial charge in [0.25, 0.3) is 0 Å². The van der Waals surface area contributed by atoms with Crippen LogP contribution in [0.15, 0.2) is 72.8 Å². The number of hydrogen-bond donors (Lipinski definition) is 1. The molecule has 1 nitrogen and oxygen atoms in total. The largest absolute Gasteiger partial charge is 0.378 e. The third-order valence-corrected chi connectivity index (χ3v) is 4.76. The van der Waals surface area contributed by atoms with Crippen molar-refractivity contribution in [2.75, 3.05) is 5.32 Å². The fourth-order valence-electron chi connectivity index (χ4n) is 3.36. The minimum Gasteiger partial charge on any atom is -0.378 e. The van der Waals surface area contributed by atoms with E-state index in [0.29, 0.717) is 6.04 Å². The predicted molar refractivity (Wildman–Crippen MR) is 97.8 cm³/mol. The van der Waals surface area contributed by atoms with Gasteiger partial charge in [-0.1, -0.05) is 67.6 Å². The molecule has 1 N–H and O–H groups in total. The zero-order chi connectivity index (χ0) is 15.6. The Balaban J connectivity index is 1.59. The molecule has 114 valence electrons. The summed E-state index contributed by atoms with van der Waals surface area (Å²) < 4.78 is 0. The van der Waals surface area contributed by atoms with Crippen LogP contribution >= 0.6 is 0 Å². The molecule has 0 aromatic heterocycles. The highest BCUT2D eigenvalue weighted by Crippen LogP contribution is 2.36. The Hall–Kier alpha value is -2.54. The number of nitrogens with one attached hydrogen (secondary N) is 1. The summed E-state index contributed by atoms with van der Waals surface area (Å²) in [6.45, 7) is 2.20. The molecule has 4 rings (SSSR count). The van der Waals surface area contributed by atoms with E-state index < -0.39 is 0 Å². The number of aryl methyl sites for hydroxylation is 1. The van der Waals surface area contributed by atoms with Crippen molar-refractivity contribution in [2.24, 2.45) is 0 Å². The zero-order valence-electron chi connectivity index (χ0n) is 13.4. The van der Waals surface area contributed by atoms with Crippen molar-refractivity contribution in [1.29, 1.82) is 0 Å². The topological polar surface area (TPSA) is 12.0 Å². The van der Waals surface area contributed by atoms with E-state index in [9.17, 15) is 0 Å². The summed E-state index contributed by atoms with van der Waals surface area (Å²) in [5.74, 6) is 0. The van der Waals surface area contributed by atoms with Crippen LogP contribution in [0.4, 0.5) is 5.69 Å². The molecule has 1 aliphatic rings. The molecule has 0 fully saturated rings. The molecular formula is C22H21N. The maximum Gasteiger partial charge on any atom is 0.0555 e. The molecule has 0 spiro atoms. The van der Waals surface area contributed by atoms with Crippen LogP contribution in [0.25, 0.3) is 11.1 Å². The van der Waals surface area contributed by atoms with Crippen molar-refractivity contribution in [3.05, 3.63) is 89.5 Å². The van der Waals surface area contributed by atoms with E-state index in [1.165, 1.54) is 33.5 Å².